The molecule has 2 atom stereocenters. The predicted octanol–water partition coefficient (Wildman–Crippen LogP) is 2.02. The molecule has 1 fully saturated rings. The molecule has 0 amide bonds. The molecule has 0 aromatic carbocycles. The Morgan fingerprint density at radius 2 is 2.25 bits per heavy atom. The molecule has 3 heteroatoms. The predicted molar refractivity (Wildman–Crippen MR) is 65.4 cm³/mol. The van der Waals surface area contributed by atoms with Crippen LogP contribution in [0.3, 0.4) is 0 Å². The topological polar surface area (TPSA) is 28.4 Å². The maximum absolute atomic E-state index is 5.61. The summed E-state index contributed by atoms with van der Waals surface area (Å²) in [6.07, 6.45) is 2.68. The van der Waals surface area contributed by atoms with Crippen LogP contribution in [0.1, 0.15) is 24.4 Å². The van der Waals surface area contributed by atoms with Gasteiger partial charge in [-0.15, -0.1) is 0 Å². The molecule has 2 rings (SSSR count). The van der Waals surface area contributed by atoms with Crippen LogP contribution in [0.25, 0.3) is 0 Å². The van der Waals surface area contributed by atoms with Crippen LogP contribution in [0.5, 0.6) is 0 Å². The first-order valence-electron chi connectivity index (χ1n) is 6.11. The van der Waals surface area contributed by atoms with Crippen molar-refractivity contribution in [3.05, 3.63) is 23.7 Å². The third-order valence-corrected chi connectivity index (χ3v) is 3.61. The summed E-state index contributed by atoms with van der Waals surface area (Å²) in [4.78, 5) is 2.42. The second-order valence-corrected chi connectivity index (χ2v) is 4.89. The maximum atomic E-state index is 5.61. The fourth-order valence-corrected chi connectivity index (χ4v) is 2.57. The second-order valence-electron chi connectivity index (χ2n) is 4.89. The normalized spacial score (nSPS) is 24.8. The number of hydrogen-bond donors (Lipinski definition) is 1. The van der Waals surface area contributed by atoms with Gasteiger partial charge in [-0.2, -0.15) is 0 Å². The van der Waals surface area contributed by atoms with Gasteiger partial charge in [0.05, 0.1) is 6.54 Å². The molecule has 0 radical (unpaired) electrons. The summed E-state index contributed by atoms with van der Waals surface area (Å²) in [6, 6.07) is 4.84. The molecule has 0 aliphatic heterocycles. The Morgan fingerprint density at radius 1 is 1.44 bits per heavy atom. The molecule has 1 N–H and O–H groups in total. The largest absolute Gasteiger partial charge is 0.465 e. The Bertz CT molecular complexity index is 334. The Morgan fingerprint density at radius 3 is 2.75 bits per heavy atom. The molecule has 1 aliphatic rings. The summed E-state index contributed by atoms with van der Waals surface area (Å²) in [6.45, 7) is 4.06. The smallest absolute Gasteiger partial charge is 0.118 e. The highest BCUT2D eigenvalue weighted by molar-refractivity contribution is 5.06. The fraction of sp³-hybridized carbons (Fsp3) is 0.692. The van der Waals surface area contributed by atoms with Gasteiger partial charge in [-0.05, 0) is 58.5 Å². The molecule has 1 heterocycles. The van der Waals surface area contributed by atoms with Gasteiger partial charge >= 0.3 is 0 Å². The van der Waals surface area contributed by atoms with Crippen LogP contribution in [-0.2, 0) is 6.54 Å². The van der Waals surface area contributed by atoms with E-state index in [1.54, 1.807) is 0 Å². The van der Waals surface area contributed by atoms with Crippen LogP contribution in [0.15, 0.2) is 16.5 Å². The van der Waals surface area contributed by atoms with Gasteiger partial charge in [0.1, 0.15) is 11.5 Å². The van der Waals surface area contributed by atoms with E-state index in [0.717, 1.165) is 36.6 Å². The van der Waals surface area contributed by atoms with Crippen molar-refractivity contribution in [3.63, 3.8) is 0 Å². The number of hydrogen-bond acceptors (Lipinski definition) is 3. The zero-order chi connectivity index (χ0) is 11.5. The summed E-state index contributed by atoms with van der Waals surface area (Å²) in [5.41, 5.74) is 0. The molecule has 2 unspecified atom stereocenters. The molecule has 0 saturated heterocycles. The zero-order valence-corrected chi connectivity index (χ0v) is 10.5. The first-order valence-corrected chi connectivity index (χ1v) is 6.11. The van der Waals surface area contributed by atoms with Crippen molar-refractivity contribution >= 4 is 0 Å². The number of rotatable bonds is 5. The molecule has 16 heavy (non-hydrogen) atoms. The molecule has 1 aromatic heterocycles. The minimum atomic E-state index is 0.720. The highest BCUT2D eigenvalue weighted by Crippen LogP contribution is 2.31. The lowest BCUT2D eigenvalue weighted by Gasteiger charge is -2.42. The van der Waals surface area contributed by atoms with Gasteiger partial charge < -0.3 is 9.73 Å². The number of nitrogens with one attached hydrogen (secondary N) is 1. The van der Waals surface area contributed by atoms with Gasteiger partial charge in [0, 0.05) is 6.04 Å². The van der Waals surface area contributed by atoms with Crippen molar-refractivity contribution in [2.24, 2.45) is 5.92 Å². The van der Waals surface area contributed by atoms with Gasteiger partial charge in [0.2, 0.25) is 0 Å². The number of furan rings is 1. The van der Waals surface area contributed by atoms with Crippen LogP contribution in [0.4, 0.5) is 0 Å². The lowest BCUT2D eigenvalue weighted by Crippen LogP contribution is -2.48. The molecule has 90 valence electrons. The summed E-state index contributed by atoms with van der Waals surface area (Å²) in [7, 11) is 4.23. The van der Waals surface area contributed by atoms with E-state index < -0.39 is 0 Å². The van der Waals surface area contributed by atoms with Crippen molar-refractivity contribution < 1.29 is 4.42 Å². The molecule has 0 bridgehead atoms. The third-order valence-electron chi connectivity index (χ3n) is 3.61. The Hall–Kier alpha value is -0.800. The Kier molecular flexibility index (Phi) is 3.66. The number of nitrogens with zero attached hydrogens (tertiary/aromatic N) is 1. The van der Waals surface area contributed by atoms with Crippen LogP contribution in [0.2, 0.25) is 0 Å². The third kappa shape index (κ3) is 2.47. The van der Waals surface area contributed by atoms with Gasteiger partial charge in [-0.25, -0.2) is 0 Å². The molecule has 1 aliphatic carbocycles. The Balaban J connectivity index is 1.86. The van der Waals surface area contributed by atoms with Crippen molar-refractivity contribution in [3.8, 4) is 0 Å². The average Bonchev–Trinajstić information content (AvgIpc) is 2.58. The van der Waals surface area contributed by atoms with E-state index >= 15 is 0 Å². The van der Waals surface area contributed by atoms with E-state index in [4.69, 9.17) is 4.42 Å². The minimum absolute atomic E-state index is 0.720. The molecular weight excluding hydrogens is 200 g/mol. The summed E-state index contributed by atoms with van der Waals surface area (Å²) >= 11 is 0. The van der Waals surface area contributed by atoms with Gasteiger partial charge in [-0.3, -0.25) is 4.90 Å². The van der Waals surface area contributed by atoms with Crippen LogP contribution < -0.4 is 5.32 Å². The average molecular weight is 222 g/mol. The lowest BCUT2D eigenvalue weighted by atomic mass is 9.78. The minimum Gasteiger partial charge on any atom is -0.465 e. The van der Waals surface area contributed by atoms with E-state index in [-0.39, 0.29) is 0 Å². The molecule has 0 spiro atoms. The zero-order valence-electron chi connectivity index (χ0n) is 10.5. The lowest BCUT2D eigenvalue weighted by molar-refractivity contribution is 0.0738. The highest BCUT2D eigenvalue weighted by atomic mass is 16.3. The SMILES string of the molecule is CNCC1CCC1N(C)Cc1ccc(C)o1. The van der Waals surface area contributed by atoms with Gasteiger partial charge in [0.25, 0.3) is 0 Å². The van der Waals surface area contributed by atoms with Crippen molar-refractivity contribution in [1.29, 1.82) is 0 Å². The first kappa shape index (κ1) is 11.7. The fourth-order valence-electron chi connectivity index (χ4n) is 2.57. The summed E-state index contributed by atoms with van der Waals surface area (Å²) in [5.74, 6) is 2.89. The summed E-state index contributed by atoms with van der Waals surface area (Å²) in [5, 5.41) is 3.27. The van der Waals surface area contributed by atoms with E-state index in [1.165, 1.54) is 12.8 Å². The van der Waals surface area contributed by atoms with E-state index in [0.29, 0.717) is 0 Å². The number of aryl methyl sites for hydroxylation is 1. The van der Waals surface area contributed by atoms with Crippen LogP contribution in [-0.4, -0.2) is 31.6 Å². The van der Waals surface area contributed by atoms with Crippen LogP contribution >= 0.6 is 0 Å². The van der Waals surface area contributed by atoms with Crippen molar-refractivity contribution in [2.75, 3.05) is 20.6 Å². The van der Waals surface area contributed by atoms with Gasteiger partial charge in [0.15, 0.2) is 0 Å². The maximum Gasteiger partial charge on any atom is 0.118 e. The van der Waals surface area contributed by atoms with E-state index in [1.807, 2.05) is 20.0 Å². The molecule has 3 nitrogen and oxygen atoms in total. The van der Waals surface area contributed by atoms with E-state index in [9.17, 15) is 0 Å². The monoisotopic (exact) mass is 222 g/mol. The Labute approximate surface area is 97.8 Å². The van der Waals surface area contributed by atoms with E-state index in [2.05, 4.69) is 23.3 Å². The van der Waals surface area contributed by atoms with Crippen molar-refractivity contribution in [1.82, 2.24) is 10.2 Å². The second kappa shape index (κ2) is 5.02. The first-order chi connectivity index (χ1) is 7.70. The standard InChI is InChI=1S/C13H22N2O/c1-10-4-6-12(16-10)9-15(3)13-7-5-11(13)8-14-2/h4,6,11,13-14H,5,7-9H2,1-3H3. The van der Waals surface area contributed by atoms with Gasteiger partial charge in [-0.1, -0.05) is 0 Å². The molecule has 1 aromatic rings. The quantitative estimate of drug-likeness (QED) is 0.826. The molecular formula is C13H22N2O. The van der Waals surface area contributed by atoms with Crippen LogP contribution in [0, 0.1) is 12.8 Å². The summed E-state index contributed by atoms with van der Waals surface area (Å²) < 4.78 is 5.61. The highest BCUT2D eigenvalue weighted by Gasteiger charge is 2.33. The molecule has 1 saturated carbocycles. The van der Waals surface area contributed by atoms with Crippen molar-refractivity contribution in [2.45, 2.75) is 32.4 Å².